The molecule has 1 amide bonds. The van der Waals surface area contributed by atoms with Crippen LogP contribution in [0, 0.1) is 11.3 Å². The number of benzene rings is 1. The minimum absolute atomic E-state index is 0.279. The normalized spacial score (nSPS) is 9.56. The van der Waals surface area contributed by atoms with Crippen LogP contribution in [0.25, 0.3) is 0 Å². The van der Waals surface area contributed by atoms with Crippen LogP contribution in [-0.2, 0) is 0 Å². The molecule has 1 heterocycles. The van der Waals surface area contributed by atoms with Gasteiger partial charge in [-0.2, -0.15) is 5.26 Å². The highest BCUT2D eigenvalue weighted by molar-refractivity contribution is 6.31. The number of aromatic nitrogens is 1. The molecule has 0 unspecified atom stereocenters. The van der Waals surface area contributed by atoms with E-state index in [2.05, 4.69) is 10.3 Å². The van der Waals surface area contributed by atoms with Gasteiger partial charge in [0.1, 0.15) is 11.8 Å². The van der Waals surface area contributed by atoms with Crippen LogP contribution in [0.3, 0.4) is 0 Å². The minimum atomic E-state index is -0.380. The van der Waals surface area contributed by atoms with Crippen molar-refractivity contribution in [3.63, 3.8) is 0 Å². The second-order valence-corrected chi connectivity index (χ2v) is 3.91. The average Bonchev–Trinajstić information content (AvgIpc) is 2.40. The number of pyridine rings is 1. The van der Waals surface area contributed by atoms with Crippen molar-refractivity contribution in [1.82, 2.24) is 4.98 Å². The Kier molecular flexibility index (Phi) is 3.56. The Bertz CT molecular complexity index is 620. The van der Waals surface area contributed by atoms with Crippen LogP contribution in [-0.4, -0.2) is 10.9 Å². The van der Waals surface area contributed by atoms with Gasteiger partial charge < -0.3 is 5.32 Å². The Morgan fingerprint density at radius 3 is 2.83 bits per heavy atom. The van der Waals surface area contributed by atoms with Crippen LogP contribution in [0.1, 0.15) is 16.1 Å². The van der Waals surface area contributed by atoms with Crippen LogP contribution in [0.5, 0.6) is 0 Å². The summed E-state index contributed by atoms with van der Waals surface area (Å²) >= 11 is 5.83. The summed E-state index contributed by atoms with van der Waals surface area (Å²) in [5.41, 5.74) is 1.01. The summed E-state index contributed by atoms with van der Waals surface area (Å²) in [6, 6.07) is 11.7. The summed E-state index contributed by atoms with van der Waals surface area (Å²) in [4.78, 5) is 15.8. The summed E-state index contributed by atoms with van der Waals surface area (Å²) in [5.74, 6) is -0.380. The zero-order valence-corrected chi connectivity index (χ0v) is 9.98. The van der Waals surface area contributed by atoms with Gasteiger partial charge in [0.2, 0.25) is 0 Å². The SMILES string of the molecule is N#Cc1ccc(Cl)cc1NC(=O)c1ccccn1. The van der Waals surface area contributed by atoms with Crippen LogP contribution >= 0.6 is 11.6 Å². The van der Waals surface area contributed by atoms with Crippen LogP contribution in [0.4, 0.5) is 5.69 Å². The molecule has 0 aliphatic heterocycles. The molecule has 0 bridgehead atoms. The van der Waals surface area contributed by atoms with Gasteiger partial charge in [-0.15, -0.1) is 0 Å². The highest BCUT2D eigenvalue weighted by atomic mass is 35.5. The molecule has 0 saturated heterocycles. The van der Waals surface area contributed by atoms with Crippen LogP contribution < -0.4 is 5.32 Å². The van der Waals surface area contributed by atoms with E-state index in [1.165, 1.54) is 12.3 Å². The van der Waals surface area contributed by atoms with Gasteiger partial charge in [-0.3, -0.25) is 9.78 Å². The first-order chi connectivity index (χ1) is 8.70. The number of nitrogens with one attached hydrogen (secondary N) is 1. The molecular formula is C13H8ClN3O. The van der Waals surface area contributed by atoms with Gasteiger partial charge in [-0.05, 0) is 30.3 Å². The summed E-state index contributed by atoms with van der Waals surface area (Å²) < 4.78 is 0. The maximum absolute atomic E-state index is 11.9. The van der Waals surface area contributed by atoms with Crippen LogP contribution in [0.15, 0.2) is 42.6 Å². The Hall–Kier alpha value is -2.38. The summed E-state index contributed by atoms with van der Waals surface area (Å²) in [5, 5.41) is 12.0. The number of nitrogens with zero attached hydrogens (tertiary/aromatic N) is 2. The number of anilines is 1. The highest BCUT2D eigenvalue weighted by Crippen LogP contribution is 2.20. The molecule has 1 aromatic carbocycles. The molecule has 5 heteroatoms. The van der Waals surface area contributed by atoms with Gasteiger partial charge in [0.05, 0.1) is 11.3 Å². The minimum Gasteiger partial charge on any atom is -0.319 e. The van der Waals surface area contributed by atoms with E-state index in [0.717, 1.165) is 0 Å². The number of amides is 1. The lowest BCUT2D eigenvalue weighted by molar-refractivity contribution is 0.102. The van der Waals surface area contributed by atoms with Crippen molar-refractivity contribution >= 4 is 23.2 Å². The third kappa shape index (κ3) is 2.65. The van der Waals surface area contributed by atoms with Crippen molar-refractivity contribution in [1.29, 1.82) is 5.26 Å². The second kappa shape index (κ2) is 5.30. The van der Waals surface area contributed by atoms with Crippen molar-refractivity contribution < 1.29 is 4.79 Å². The van der Waals surface area contributed by atoms with Crippen molar-refractivity contribution in [3.8, 4) is 6.07 Å². The monoisotopic (exact) mass is 257 g/mol. The second-order valence-electron chi connectivity index (χ2n) is 3.47. The Labute approximate surface area is 109 Å². The zero-order valence-electron chi connectivity index (χ0n) is 9.22. The fraction of sp³-hybridized carbons (Fsp3) is 0. The highest BCUT2D eigenvalue weighted by Gasteiger charge is 2.10. The molecule has 4 nitrogen and oxygen atoms in total. The number of hydrogen-bond donors (Lipinski definition) is 1. The number of halogens is 1. The molecule has 88 valence electrons. The van der Waals surface area contributed by atoms with E-state index >= 15 is 0 Å². The predicted molar refractivity (Wildman–Crippen MR) is 68.4 cm³/mol. The average molecular weight is 258 g/mol. The third-order valence-electron chi connectivity index (χ3n) is 2.25. The van der Waals surface area contributed by atoms with Gasteiger partial charge in [-0.1, -0.05) is 17.7 Å². The first-order valence-corrected chi connectivity index (χ1v) is 5.50. The fourth-order valence-electron chi connectivity index (χ4n) is 1.40. The molecule has 0 spiro atoms. The Morgan fingerprint density at radius 1 is 1.33 bits per heavy atom. The number of carbonyl (C=O) groups excluding carboxylic acids is 1. The number of nitriles is 1. The zero-order chi connectivity index (χ0) is 13.0. The first kappa shape index (κ1) is 12.1. The lowest BCUT2D eigenvalue weighted by Gasteiger charge is -2.06. The fourth-order valence-corrected chi connectivity index (χ4v) is 1.57. The lowest BCUT2D eigenvalue weighted by Crippen LogP contribution is -2.14. The first-order valence-electron chi connectivity index (χ1n) is 5.13. The smallest absolute Gasteiger partial charge is 0.274 e. The predicted octanol–water partition coefficient (Wildman–Crippen LogP) is 2.86. The van der Waals surface area contributed by atoms with Gasteiger partial charge >= 0.3 is 0 Å². The van der Waals surface area contributed by atoms with Gasteiger partial charge in [0.15, 0.2) is 0 Å². The van der Waals surface area contributed by atoms with Gasteiger partial charge in [-0.25, -0.2) is 0 Å². The molecule has 18 heavy (non-hydrogen) atoms. The molecular weight excluding hydrogens is 250 g/mol. The van der Waals surface area contributed by atoms with E-state index in [1.807, 2.05) is 6.07 Å². The van der Waals surface area contributed by atoms with Crippen LogP contribution in [0.2, 0.25) is 5.02 Å². The third-order valence-corrected chi connectivity index (χ3v) is 2.48. The topological polar surface area (TPSA) is 65.8 Å². The maximum Gasteiger partial charge on any atom is 0.274 e. The van der Waals surface area contributed by atoms with Crippen molar-refractivity contribution in [2.24, 2.45) is 0 Å². The summed E-state index contributed by atoms with van der Waals surface area (Å²) in [6.45, 7) is 0. The molecule has 0 atom stereocenters. The van der Waals surface area contributed by atoms with E-state index in [9.17, 15) is 4.79 Å². The van der Waals surface area contributed by atoms with Crippen molar-refractivity contribution in [2.75, 3.05) is 5.32 Å². The van der Waals surface area contributed by atoms with Gasteiger partial charge in [0.25, 0.3) is 5.91 Å². The summed E-state index contributed by atoms with van der Waals surface area (Å²) in [6.07, 6.45) is 1.53. The van der Waals surface area contributed by atoms with E-state index in [0.29, 0.717) is 16.3 Å². The van der Waals surface area contributed by atoms with Gasteiger partial charge in [0, 0.05) is 11.2 Å². The van der Waals surface area contributed by atoms with E-state index in [1.54, 1.807) is 30.3 Å². The number of carbonyl (C=O) groups is 1. The molecule has 0 fully saturated rings. The maximum atomic E-state index is 11.9. The Balaban J connectivity index is 2.28. The number of rotatable bonds is 2. The molecule has 0 aliphatic rings. The largest absolute Gasteiger partial charge is 0.319 e. The van der Waals surface area contributed by atoms with E-state index in [4.69, 9.17) is 16.9 Å². The van der Waals surface area contributed by atoms with E-state index in [-0.39, 0.29) is 11.6 Å². The molecule has 1 aromatic heterocycles. The molecule has 0 saturated carbocycles. The molecule has 0 radical (unpaired) electrons. The van der Waals surface area contributed by atoms with Crippen molar-refractivity contribution in [2.45, 2.75) is 0 Å². The van der Waals surface area contributed by atoms with E-state index < -0.39 is 0 Å². The lowest BCUT2D eigenvalue weighted by atomic mass is 10.2. The molecule has 2 rings (SSSR count). The Morgan fingerprint density at radius 2 is 2.17 bits per heavy atom. The number of hydrogen-bond acceptors (Lipinski definition) is 3. The quantitative estimate of drug-likeness (QED) is 0.900. The summed E-state index contributed by atoms with van der Waals surface area (Å²) in [7, 11) is 0. The van der Waals surface area contributed by atoms with Crippen molar-refractivity contribution in [3.05, 3.63) is 58.9 Å². The molecule has 1 N–H and O–H groups in total. The standard InChI is InChI=1S/C13H8ClN3O/c14-10-5-4-9(8-15)12(7-10)17-13(18)11-3-1-2-6-16-11/h1-7H,(H,17,18). The molecule has 2 aromatic rings. The molecule has 0 aliphatic carbocycles.